The third kappa shape index (κ3) is 4.30. The predicted molar refractivity (Wildman–Crippen MR) is 99.1 cm³/mol. The summed E-state index contributed by atoms with van der Waals surface area (Å²) in [5, 5.41) is 2.90. The van der Waals surface area contributed by atoms with Crippen molar-refractivity contribution in [3.8, 4) is 0 Å². The Balaban J connectivity index is 2.31. The van der Waals surface area contributed by atoms with Crippen molar-refractivity contribution in [2.75, 3.05) is 6.54 Å². The summed E-state index contributed by atoms with van der Waals surface area (Å²) in [7, 11) is 0. The standard InChI is InChI=1S/C18H17ClN4O4/c1-2-22-16(25)10-7-8-13(14(19)9-10)18(27)23(21)17(26)12-6-4-3-5-11(12)15(20)24/h3-9H,2,21H2,1H3,(H2,20,24)(H,22,25). The molecular weight excluding hydrogens is 372 g/mol. The summed E-state index contributed by atoms with van der Waals surface area (Å²) < 4.78 is 0. The third-order valence-corrected chi connectivity index (χ3v) is 3.97. The number of benzene rings is 2. The van der Waals surface area contributed by atoms with Gasteiger partial charge in [-0.2, -0.15) is 0 Å². The number of imide groups is 1. The van der Waals surface area contributed by atoms with Gasteiger partial charge in [-0.1, -0.05) is 23.7 Å². The molecular formula is C18H17ClN4O4. The Morgan fingerprint density at radius 1 is 1.00 bits per heavy atom. The van der Waals surface area contributed by atoms with Crippen LogP contribution in [0.15, 0.2) is 42.5 Å². The van der Waals surface area contributed by atoms with Gasteiger partial charge in [0.05, 0.1) is 21.7 Å². The van der Waals surface area contributed by atoms with Gasteiger partial charge >= 0.3 is 0 Å². The van der Waals surface area contributed by atoms with E-state index in [4.69, 9.17) is 23.2 Å². The maximum Gasteiger partial charge on any atom is 0.276 e. The van der Waals surface area contributed by atoms with Gasteiger partial charge in [-0.3, -0.25) is 19.2 Å². The number of primary amides is 1. The van der Waals surface area contributed by atoms with Crippen LogP contribution in [0.25, 0.3) is 0 Å². The van der Waals surface area contributed by atoms with E-state index in [1.165, 1.54) is 42.5 Å². The molecule has 0 bridgehead atoms. The second-order valence-corrected chi connectivity index (χ2v) is 5.85. The summed E-state index contributed by atoms with van der Waals surface area (Å²) in [5.41, 5.74) is 5.24. The smallest absolute Gasteiger partial charge is 0.276 e. The summed E-state index contributed by atoms with van der Waals surface area (Å²) in [4.78, 5) is 48.4. The SMILES string of the molecule is CCNC(=O)c1ccc(C(=O)N(N)C(=O)c2ccccc2C(N)=O)c(Cl)c1. The number of nitrogens with two attached hydrogens (primary N) is 2. The van der Waals surface area contributed by atoms with E-state index in [2.05, 4.69) is 5.32 Å². The highest BCUT2D eigenvalue weighted by atomic mass is 35.5. The number of carbonyl (C=O) groups is 4. The topological polar surface area (TPSA) is 136 Å². The number of hydrazine groups is 1. The molecule has 0 spiro atoms. The molecule has 5 N–H and O–H groups in total. The maximum atomic E-state index is 12.5. The second kappa shape index (κ2) is 8.43. The van der Waals surface area contributed by atoms with Crippen LogP contribution in [0, 0.1) is 0 Å². The number of halogens is 1. The van der Waals surface area contributed by atoms with E-state index in [0.717, 1.165) is 0 Å². The molecule has 9 heteroatoms. The normalized spacial score (nSPS) is 10.2. The van der Waals surface area contributed by atoms with Gasteiger partial charge in [-0.05, 0) is 37.3 Å². The fourth-order valence-electron chi connectivity index (χ4n) is 2.33. The number of hydrogen-bond donors (Lipinski definition) is 3. The molecule has 0 aliphatic rings. The first kappa shape index (κ1) is 20.1. The quantitative estimate of drug-likeness (QED) is 0.307. The van der Waals surface area contributed by atoms with Gasteiger partial charge < -0.3 is 11.1 Å². The van der Waals surface area contributed by atoms with Crippen molar-refractivity contribution in [1.29, 1.82) is 0 Å². The molecule has 140 valence electrons. The molecule has 2 aromatic rings. The minimum absolute atomic E-state index is 0.0461. The van der Waals surface area contributed by atoms with Crippen LogP contribution in [0.5, 0.6) is 0 Å². The van der Waals surface area contributed by atoms with Crippen LogP contribution in [0.3, 0.4) is 0 Å². The largest absolute Gasteiger partial charge is 0.366 e. The summed E-state index contributed by atoms with van der Waals surface area (Å²) in [6, 6.07) is 9.69. The number of carbonyl (C=O) groups excluding carboxylic acids is 4. The minimum Gasteiger partial charge on any atom is -0.366 e. The second-order valence-electron chi connectivity index (χ2n) is 5.44. The molecule has 0 heterocycles. The Morgan fingerprint density at radius 2 is 1.59 bits per heavy atom. The molecule has 2 aromatic carbocycles. The zero-order valence-electron chi connectivity index (χ0n) is 14.4. The zero-order chi connectivity index (χ0) is 20.1. The average molecular weight is 389 g/mol. The van der Waals surface area contributed by atoms with Gasteiger partial charge in [-0.15, -0.1) is 0 Å². The van der Waals surface area contributed by atoms with E-state index >= 15 is 0 Å². The van der Waals surface area contributed by atoms with Crippen molar-refractivity contribution in [2.24, 2.45) is 11.6 Å². The van der Waals surface area contributed by atoms with Crippen LogP contribution in [-0.4, -0.2) is 35.2 Å². The van der Waals surface area contributed by atoms with Crippen LogP contribution in [0.1, 0.15) is 48.4 Å². The highest BCUT2D eigenvalue weighted by Crippen LogP contribution is 2.20. The monoisotopic (exact) mass is 388 g/mol. The molecule has 0 aromatic heterocycles. The van der Waals surface area contributed by atoms with Crippen molar-refractivity contribution < 1.29 is 19.2 Å². The molecule has 27 heavy (non-hydrogen) atoms. The first-order chi connectivity index (χ1) is 12.8. The molecule has 0 aliphatic carbocycles. The van der Waals surface area contributed by atoms with Crippen molar-refractivity contribution in [1.82, 2.24) is 10.3 Å². The first-order valence-electron chi connectivity index (χ1n) is 7.88. The Bertz CT molecular complexity index is 929. The van der Waals surface area contributed by atoms with Crippen LogP contribution in [-0.2, 0) is 0 Å². The first-order valence-corrected chi connectivity index (χ1v) is 8.25. The molecule has 0 atom stereocenters. The summed E-state index contributed by atoms with van der Waals surface area (Å²) in [6.45, 7) is 2.20. The summed E-state index contributed by atoms with van der Waals surface area (Å²) in [6.07, 6.45) is 0. The van der Waals surface area contributed by atoms with E-state index in [1.54, 1.807) is 6.92 Å². The summed E-state index contributed by atoms with van der Waals surface area (Å²) >= 11 is 6.08. The third-order valence-electron chi connectivity index (χ3n) is 3.66. The highest BCUT2D eigenvalue weighted by Gasteiger charge is 2.26. The number of amides is 4. The fraction of sp³-hybridized carbons (Fsp3) is 0.111. The average Bonchev–Trinajstić information content (AvgIpc) is 2.66. The molecule has 2 rings (SSSR count). The molecule has 0 aliphatic heterocycles. The fourth-order valence-corrected chi connectivity index (χ4v) is 2.59. The van der Waals surface area contributed by atoms with E-state index in [-0.39, 0.29) is 33.2 Å². The van der Waals surface area contributed by atoms with Crippen LogP contribution in [0.4, 0.5) is 0 Å². The molecule has 0 radical (unpaired) electrons. The lowest BCUT2D eigenvalue weighted by Crippen LogP contribution is -2.43. The van der Waals surface area contributed by atoms with Crippen molar-refractivity contribution >= 4 is 35.2 Å². The lowest BCUT2D eigenvalue weighted by Gasteiger charge is -2.17. The van der Waals surface area contributed by atoms with Crippen LogP contribution >= 0.6 is 11.6 Å². The van der Waals surface area contributed by atoms with E-state index in [9.17, 15) is 19.2 Å². The van der Waals surface area contributed by atoms with Crippen molar-refractivity contribution in [2.45, 2.75) is 6.92 Å². The predicted octanol–water partition coefficient (Wildman–Crippen LogP) is 1.34. The lowest BCUT2D eigenvalue weighted by molar-refractivity contribution is 0.0612. The summed E-state index contributed by atoms with van der Waals surface area (Å²) in [5.74, 6) is 2.66. The molecule has 0 saturated heterocycles. The molecule has 8 nitrogen and oxygen atoms in total. The van der Waals surface area contributed by atoms with Crippen LogP contribution in [0.2, 0.25) is 5.02 Å². The zero-order valence-corrected chi connectivity index (χ0v) is 15.1. The number of nitrogens with zero attached hydrogens (tertiary/aromatic N) is 1. The van der Waals surface area contributed by atoms with Gasteiger partial charge in [0.1, 0.15) is 0 Å². The van der Waals surface area contributed by atoms with Gasteiger partial charge in [0.25, 0.3) is 17.7 Å². The molecule has 0 unspecified atom stereocenters. The maximum absolute atomic E-state index is 12.5. The van der Waals surface area contributed by atoms with E-state index in [1.807, 2.05) is 0 Å². The van der Waals surface area contributed by atoms with Gasteiger partial charge in [0, 0.05) is 12.1 Å². The van der Waals surface area contributed by atoms with Gasteiger partial charge in [-0.25, -0.2) is 10.9 Å². The van der Waals surface area contributed by atoms with Gasteiger partial charge in [0.2, 0.25) is 5.91 Å². The van der Waals surface area contributed by atoms with Crippen LogP contribution < -0.4 is 16.9 Å². The molecule has 0 fully saturated rings. The highest BCUT2D eigenvalue weighted by molar-refractivity contribution is 6.34. The molecule has 4 amide bonds. The number of hydrogen-bond acceptors (Lipinski definition) is 5. The number of nitrogens with one attached hydrogen (secondary N) is 1. The Kier molecular flexibility index (Phi) is 6.27. The van der Waals surface area contributed by atoms with Gasteiger partial charge in [0.15, 0.2) is 0 Å². The lowest BCUT2D eigenvalue weighted by atomic mass is 10.1. The van der Waals surface area contributed by atoms with E-state index in [0.29, 0.717) is 11.6 Å². The Hall–Kier alpha value is -3.23. The van der Waals surface area contributed by atoms with E-state index < -0.39 is 17.7 Å². The number of rotatable bonds is 5. The Labute approximate surface area is 160 Å². The van der Waals surface area contributed by atoms with Crippen molar-refractivity contribution in [3.05, 3.63) is 69.7 Å². The minimum atomic E-state index is -0.918. The molecule has 0 saturated carbocycles. The van der Waals surface area contributed by atoms with Crippen molar-refractivity contribution in [3.63, 3.8) is 0 Å². The Morgan fingerprint density at radius 3 is 2.15 bits per heavy atom.